The van der Waals surface area contributed by atoms with Gasteiger partial charge in [0, 0.05) is 0 Å². The van der Waals surface area contributed by atoms with Crippen molar-refractivity contribution in [1.82, 2.24) is 0 Å². The summed E-state index contributed by atoms with van der Waals surface area (Å²) in [6.07, 6.45) is 4.98. The van der Waals surface area contributed by atoms with Gasteiger partial charge in [0.2, 0.25) is 0 Å². The van der Waals surface area contributed by atoms with E-state index in [-0.39, 0.29) is 5.57 Å². The van der Waals surface area contributed by atoms with Crippen LogP contribution >= 0.6 is 0 Å². The van der Waals surface area contributed by atoms with E-state index in [1.165, 1.54) is 6.08 Å². The molecule has 0 aliphatic carbocycles. The first-order valence-corrected chi connectivity index (χ1v) is 3.93. The Labute approximate surface area is 78.6 Å². The molecule has 0 aliphatic heterocycles. The molecular formula is C11H14O2. The number of carboxylic acid groups (broad SMARTS) is 1. The summed E-state index contributed by atoms with van der Waals surface area (Å²) >= 11 is 0. The van der Waals surface area contributed by atoms with Crippen LogP contribution in [-0.4, -0.2) is 11.1 Å². The summed E-state index contributed by atoms with van der Waals surface area (Å²) in [5.41, 5.74) is 1.33. The summed E-state index contributed by atoms with van der Waals surface area (Å²) in [4.78, 5) is 10.8. The largest absolute Gasteiger partial charge is 0.478 e. The molecule has 0 aromatic rings. The fourth-order valence-electron chi connectivity index (χ4n) is 0.985. The molecule has 0 atom stereocenters. The SMILES string of the molecule is C=CC(C=CC)=C(C(=C)C)C(=O)O. The Hall–Kier alpha value is -1.57. The van der Waals surface area contributed by atoms with Gasteiger partial charge in [-0.15, -0.1) is 0 Å². The predicted octanol–water partition coefficient (Wildman–Crippen LogP) is 2.71. The van der Waals surface area contributed by atoms with Gasteiger partial charge in [-0.3, -0.25) is 0 Å². The first kappa shape index (κ1) is 11.4. The minimum atomic E-state index is -0.972. The molecule has 0 radical (unpaired) electrons. The maximum atomic E-state index is 10.8. The monoisotopic (exact) mass is 178 g/mol. The zero-order chi connectivity index (χ0) is 10.4. The van der Waals surface area contributed by atoms with Crippen LogP contribution in [0.25, 0.3) is 0 Å². The fraction of sp³-hybridized carbons (Fsp3) is 0.182. The van der Waals surface area contributed by atoms with Crippen molar-refractivity contribution < 1.29 is 9.90 Å². The number of hydrogen-bond acceptors (Lipinski definition) is 1. The lowest BCUT2D eigenvalue weighted by Gasteiger charge is -2.03. The van der Waals surface area contributed by atoms with E-state index in [2.05, 4.69) is 13.2 Å². The summed E-state index contributed by atoms with van der Waals surface area (Å²) in [7, 11) is 0. The van der Waals surface area contributed by atoms with E-state index in [9.17, 15) is 4.79 Å². The van der Waals surface area contributed by atoms with Gasteiger partial charge < -0.3 is 5.11 Å². The number of rotatable bonds is 4. The second-order valence-electron chi connectivity index (χ2n) is 2.62. The molecule has 0 saturated heterocycles. The summed E-state index contributed by atoms with van der Waals surface area (Å²) in [6, 6.07) is 0. The second-order valence-corrected chi connectivity index (χ2v) is 2.62. The van der Waals surface area contributed by atoms with Crippen molar-refractivity contribution >= 4 is 5.97 Å². The Morgan fingerprint density at radius 3 is 2.23 bits per heavy atom. The Morgan fingerprint density at radius 1 is 1.46 bits per heavy atom. The normalized spacial score (nSPS) is 12.5. The van der Waals surface area contributed by atoms with Gasteiger partial charge in [0.25, 0.3) is 0 Å². The van der Waals surface area contributed by atoms with Crippen LogP contribution in [0, 0.1) is 0 Å². The number of carbonyl (C=O) groups is 1. The van der Waals surface area contributed by atoms with Gasteiger partial charge >= 0.3 is 5.97 Å². The van der Waals surface area contributed by atoms with Crippen LogP contribution in [0.4, 0.5) is 0 Å². The third-order valence-electron chi connectivity index (χ3n) is 1.50. The number of carboxylic acids is 1. The molecule has 0 spiro atoms. The van der Waals surface area contributed by atoms with Crippen molar-refractivity contribution in [3.63, 3.8) is 0 Å². The highest BCUT2D eigenvalue weighted by Gasteiger charge is 2.10. The number of aliphatic carboxylic acids is 1. The van der Waals surface area contributed by atoms with Gasteiger partial charge in [-0.05, 0) is 25.0 Å². The molecule has 0 fully saturated rings. The molecule has 2 nitrogen and oxygen atoms in total. The number of allylic oxidation sites excluding steroid dienone is 4. The van der Waals surface area contributed by atoms with Crippen LogP contribution in [0.3, 0.4) is 0 Å². The zero-order valence-corrected chi connectivity index (χ0v) is 8.00. The van der Waals surface area contributed by atoms with E-state index in [0.29, 0.717) is 11.1 Å². The molecule has 0 saturated carbocycles. The highest BCUT2D eigenvalue weighted by atomic mass is 16.4. The molecule has 0 aromatic heterocycles. The molecule has 0 aliphatic rings. The van der Waals surface area contributed by atoms with Crippen molar-refractivity contribution in [1.29, 1.82) is 0 Å². The Morgan fingerprint density at radius 2 is 2.00 bits per heavy atom. The molecule has 13 heavy (non-hydrogen) atoms. The van der Waals surface area contributed by atoms with Gasteiger partial charge in [-0.25, -0.2) is 4.79 Å². The van der Waals surface area contributed by atoms with Gasteiger partial charge in [0.05, 0.1) is 5.57 Å². The van der Waals surface area contributed by atoms with E-state index in [0.717, 1.165) is 0 Å². The van der Waals surface area contributed by atoms with E-state index in [1.54, 1.807) is 19.1 Å². The van der Waals surface area contributed by atoms with Crippen LogP contribution in [0.5, 0.6) is 0 Å². The smallest absolute Gasteiger partial charge is 0.336 e. The van der Waals surface area contributed by atoms with E-state index in [4.69, 9.17) is 5.11 Å². The third kappa shape index (κ3) is 3.11. The Kier molecular flexibility index (Phi) is 4.52. The maximum Gasteiger partial charge on any atom is 0.336 e. The molecule has 0 aromatic carbocycles. The molecule has 0 unspecified atom stereocenters. The molecule has 0 bridgehead atoms. The van der Waals surface area contributed by atoms with Crippen molar-refractivity contribution in [2.45, 2.75) is 13.8 Å². The van der Waals surface area contributed by atoms with Crippen LogP contribution in [-0.2, 0) is 4.79 Å². The highest BCUT2D eigenvalue weighted by molar-refractivity contribution is 5.93. The molecule has 2 heteroatoms. The average molecular weight is 178 g/mol. The standard InChI is InChI=1S/C11H14O2/c1-5-7-9(6-2)10(8(3)4)11(12)13/h5-7H,2-3H2,1,4H3,(H,12,13). The first-order valence-electron chi connectivity index (χ1n) is 3.93. The highest BCUT2D eigenvalue weighted by Crippen LogP contribution is 2.15. The summed E-state index contributed by atoms with van der Waals surface area (Å²) < 4.78 is 0. The molecule has 0 rings (SSSR count). The Balaban J connectivity index is 5.38. The van der Waals surface area contributed by atoms with Crippen LogP contribution in [0.2, 0.25) is 0 Å². The van der Waals surface area contributed by atoms with E-state index >= 15 is 0 Å². The summed E-state index contributed by atoms with van der Waals surface area (Å²) in [5.74, 6) is -0.972. The van der Waals surface area contributed by atoms with E-state index < -0.39 is 5.97 Å². The van der Waals surface area contributed by atoms with Crippen molar-refractivity contribution in [2.75, 3.05) is 0 Å². The Bertz CT molecular complexity index is 277. The minimum absolute atomic E-state index is 0.216. The molecule has 0 heterocycles. The lowest BCUT2D eigenvalue weighted by molar-refractivity contribution is -0.132. The lowest BCUT2D eigenvalue weighted by Crippen LogP contribution is -2.03. The summed E-state index contributed by atoms with van der Waals surface area (Å²) in [5, 5.41) is 8.87. The molecule has 1 N–H and O–H groups in total. The average Bonchev–Trinajstić information content (AvgIpc) is 2.02. The van der Waals surface area contributed by atoms with Crippen LogP contribution in [0.1, 0.15) is 13.8 Å². The van der Waals surface area contributed by atoms with E-state index in [1.807, 2.05) is 6.92 Å². The third-order valence-corrected chi connectivity index (χ3v) is 1.50. The van der Waals surface area contributed by atoms with Gasteiger partial charge in [0.15, 0.2) is 0 Å². The molecular weight excluding hydrogens is 164 g/mol. The van der Waals surface area contributed by atoms with Crippen LogP contribution in [0.15, 0.2) is 48.1 Å². The van der Waals surface area contributed by atoms with Crippen molar-refractivity contribution in [3.05, 3.63) is 48.1 Å². The van der Waals surface area contributed by atoms with Gasteiger partial charge in [-0.1, -0.05) is 31.4 Å². The topological polar surface area (TPSA) is 37.3 Å². The minimum Gasteiger partial charge on any atom is -0.478 e. The summed E-state index contributed by atoms with van der Waals surface area (Å²) in [6.45, 7) is 10.6. The molecule has 70 valence electrons. The maximum absolute atomic E-state index is 10.8. The predicted molar refractivity (Wildman–Crippen MR) is 54.5 cm³/mol. The van der Waals surface area contributed by atoms with Crippen molar-refractivity contribution in [3.8, 4) is 0 Å². The molecule has 0 amide bonds. The lowest BCUT2D eigenvalue weighted by atomic mass is 10.0. The number of hydrogen-bond donors (Lipinski definition) is 1. The van der Waals surface area contributed by atoms with Crippen molar-refractivity contribution in [2.24, 2.45) is 0 Å². The fourth-order valence-corrected chi connectivity index (χ4v) is 0.985. The quantitative estimate of drug-likeness (QED) is 0.531. The first-order chi connectivity index (χ1) is 6.04. The van der Waals surface area contributed by atoms with Gasteiger partial charge in [0.1, 0.15) is 0 Å². The second kappa shape index (κ2) is 5.14. The van der Waals surface area contributed by atoms with Crippen LogP contribution < -0.4 is 0 Å². The zero-order valence-electron chi connectivity index (χ0n) is 8.00. The van der Waals surface area contributed by atoms with Gasteiger partial charge in [-0.2, -0.15) is 0 Å².